The molecule has 4 N–H and O–H groups in total. The number of pyridine rings is 1. The number of carboxylic acids is 2. The minimum Gasteiger partial charge on any atom is -0.481 e. The molecule has 2 aromatic rings. The van der Waals surface area contributed by atoms with E-state index < -0.39 is 29.6 Å². The van der Waals surface area contributed by atoms with Crippen molar-refractivity contribution in [2.75, 3.05) is 11.9 Å². The first kappa shape index (κ1) is 23.6. The van der Waals surface area contributed by atoms with Gasteiger partial charge in [-0.1, -0.05) is 36.8 Å². The molecule has 11 heteroatoms. The molecule has 0 aliphatic heterocycles. The largest absolute Gasteiger partial charge is 0.490 e. The van der Waals surface area contributed by atoms with Crippen molar-refractivity contribution in [1.82, 2.24) is 10.3 Å². The highest BCUT2D eigenvalue weighted by Crippen LogP contribution is 2.40. The number of amides is 2. The van der Waals surface area contributed by atoms with Crippen LogP contribution in [0.1, 0.15) is 19.3 Å². The minimum atomic E-state index is -5.08. The molecule has 3 rings (SSSR count). The lowest BCUT2D eigenvalue weighted by Gasteiger charge is -2.37. The van der Waals surface area contributed by atoms with E-state index in [-0.39, 0.29) is 6.54 Å². The number of benzene rings is 1. The summed E-state index contributed by atoms with van der Waals surface area (Å²) in [6, 6.07) is 12.7. The van der Waals surface area contributed by atoms with E-state index in [2.05, 4.69) is 15.6 Å². The fraction of sp³-hybridized carbons (Fsp3) is 0.300. The zero-order valence-corrected chi connectivity index (χ0v) is 16.1. The fourth-order valence-corrected chi connectivity index (χ4v) is 2.77. The number of rotatable bonds is 5. The average molecular weight is 439 g/mol. The lowest BCUT2D eigenvalue weighted by molar-refractivity contribution is -0.192. The standard InChI is InChI=1S/C18H19N3O3.C2HF3O2/c22-16(23)18(8-4-9-18)12-20-17(24)21-14-7-10-19-15(11-14)13-5-2-1-3-6-13;3-2(4,5)1(6)7/h1-3,5-7,10-11H,4,8-9,12H2,(H,22,23)(H2,19,20,21,24);(H,6,7). The smallest absolute Gasteiger partial charge is 0.481 e. The number of carbonyl (C=O) groups excluding carboxylic acids is 1. The number of carbonyl (C=O) groups is 3. The number of halogens is 3. The third kappa shape index (κ3) is 6.69. The molecule has 166 valence electrons. The molecule has 0 bridgehead atoms. The van der Waals surface area contributed by atoms with Crippen LogP contribution in [0, 0.1) is 5.41 Å². The summed E-state index contributed by atoms with van der Waals surface area (Å²) in [5, 5.41) is 21.8. The molecular formula is C20H20F3N3O5. The van der Waals surface area contributed by atoms with Crippen LogP contribution < -0.4 is 10.6 Å². The molecule has 0 spiro atoms. The van der Waals surface area contributed by atoms with E-state index in [9.17, 15) is 27.9 Å². The highest BCUT2D eigenvalue weighted by Gasteiger charge is 2.44. The Morgan fingerprint density at radius 3 is 2.16 bits per heavy atom. The second-order valence-electron chi connectivity index (χ2n) is 6.85. The molecule has 1 aliphatic carbocycles. The monoisotopic (exact) mass is 439 g/mol. The molecular weight excluding hydrogens is 419 g/mol. The van der Waals surface area contributed by atoms with Gasteiger partial charge in [0.25, 0.3) is 0 Å². The van der Waals surface area contributed by atoms with Crippen molar-refractivity contribution >= 4 is 23.7 Å². The SMILES string of the molecule is O=C(NCC1(C(=O)O)CCC1)Nc1ccnc(-c2ccccc2)c1.O=C(O)C(F)(F)F. The quantitative estimate of drug-likeness (QED) is 0.562. The van der Waals surface area contributed by atoms with Crippen LogP contribution >= 0.6 is 0 Å². The average Bonchev–Trinajstić information content (AvgIpc) is 2.67. The van der Waals surface area contributed by atoms with Gasteiger partial charge in [-0.2, -0.15) is 13.2 Å². The number of carboxylic acid groups (broad SMARTS) is 2. The third-order valence-electron chi connectivity index (χ3n) is 4.68. The number of nitrogens with one attached hydrogen (secondary N) is 2. The first-order chi connectivity index (χ1) is 14.5. The van der Waals surface area contributed by atoms with Crippen LogP contribution in [0.4, 0.5) is 23.7 Å². The van der Waals surface area contributed by atoms with Gasteiger partial charge in [-0.05, 0) is 25.0 Å². The molecule has 1 aromatic carbocycles. The maximum Gasteiger partial charge on any atom is 0.490 e. The number of aromatic nitrogens is 1. The van der Waals surface area contributed by atoms with Crippen molar-refractivity contribution in [2.24, 2.45) is 5.41 Å². The summed E-state index contributed by atoms with van der Waals surface area (Å²) < 4.78 is 31.7. The van der Waals surface area contributed by atoms with Gasteiger partial charge in [0.2, 0.25) is 0 Å². The summed E-state index contributed by atoms with van der Waals surface area (Å²) in [5.41, 5.74) is 1.53. The van der Waals surface area contributed by atoms with Crippen LogP contribution in [-0.4, -0.2) is 45.9 Å². The molecule has 1 aromatic heterocycles. The molecule has 0 atom stereocenters. The van der Waals surface area contributed by atoms with E-state index in [4.69, 9.17) is 9.90 Å². The summed E-state index contributed by atoms with van der Waals surface area (Å²) in [6.45, 7) is 0.144. The molecule has 1 aliphatic rings. The molecule has 1 heterocycles. The molecule has 31 heavy (non-hydrogen) atoms. The van der Waals surface area contributed by atoms with Crippen LogP contribution in [0.25, 0.3) is 11.3 Å². The molecule has 8 nitrogen and oxygen atoms in total. The van der Waals surface area contributed by atoms with E-state index in [1.54, 1.807) is 18.3 Å². The Morgan fingerprint density at radius 2 is 1.68 bits per heavy atom. The molecule has 0 unspecified atom stereocenters. The first-order valence-corrected chi connectivity index (χ1v) is 9.13. The Kier molecular flexibility index (Phi) is 7.56. The van der Waals surface area contributed by atoms with E-state index >= 15 is 0 Å². The Balaban J connectivity index is 0.000000423. The van der Waals surface area contributed by atoms with Gasteiger partial charge in [0.1, 0.15) is 0 Å². The predicted octanol–water partition coefficient (Wildman–Crippen LogP) is 3.76. The van der Waals surface area contributed by atoms with Crippen molar-refractivity contribution in [3.8, 4) is 11.3 Å². The van der Waals surface area contributed by atoms with Crippen molar-refractivity contribution in [3.05, 3.63) is 48.7 Å². The van der Waals surface area contributed by atoms with Gasteiger partial charge in [-0.3, -0.25) is 9.78 Å². The van der Waals surface area contributed by atoms with Crippen molar-refractivity contribution in [1.29, 1.82) is 0 Å². The number of urea groups is 1. The predicted molar refractivity (Wildman–Crippen MR) is 104 cm³/mol. The van der Waals surface area contributed by atoms with Crippen LogP contribution in [-0.2, 0) is 9.59 Å². The van der Waals surface area contributed by atoms with Crippen molar-refractivity contribution in [2.45, 2.75) is 25.4 Å². The number of aliphatic carboxylic acids is 2. The Morgan fingerprint density at radius 1 is 1.06 bits per heavy atom. The van der Waals surface area contributed by atoms with E-state index in [1.807, 2.05) is 30.3 Å². The Labute approximate surface area is 175 Å². The summed E-state index contributed by atoms with van der Waals surface area (Å²) in [5.74, 6) is -3.60. The fourth-order valence-electron chi connectivity index (χ4n) is 2.77. The Bertz CT molecular complexity index is 931. The maximum absolute atomic E-state index is 12.0. The minimum absolute atomic E-state index is 0.144. The van der Waals surface area contributed by atoms with Gasteiger partial charge in [0.05, 0.1) is 11.1 Å². The van der Waals surface area contributed by atoms with Crippen LogP contribution in [0.3, 0.4) is 0 Å². The van der Waals surface area contributed by atoms with Gasteiger partial charge < -0.3 is 20.8 Å². The zero-order chi connectivity index (χ0) is 23.1. The number of hydrogen-bond donors (Lipinski definition) is 4. The van der Waals surface area contributed by atoms with E-state index in [0.717, 1.165) is 17.7 Å². The topological polar surface area (TPSA) is 129 Å². The molecule has 0 saturated heterocycles. The maximum atomic E-state index is 12.0. The molecule has 1 saturated carbocycles. The highest BCUT2D eigenvalue weighted by molar-refractivity contribution is 5.90. The van der Waals surface area contributed by atoms with Crippen LogP contribution in [0.15, 0.2) is 48.7 Å². The van der Waals surface area contributed by atoms with Crippen molar-refractivity contribution < 1.29 is 37.8 Å². The first-order valence-electron chi connectivity index (χ1n) is 9.13. The summed E-state index contributed by atoms with van der Waals surface area (Å²) in [4.78, 5) is 36.5. The lowest BCUT2D eigenvalue weighted by Crippen LogP contribution is -2.48. The Hall–Kier alpha value is -3.63. The number of alkyl halides is 3. The number of anilines is 1. The van der Waals surface area contributed by atoms with Gasteiger partial charge in [-0.15, -0.1) is 0 Å². The van der Waals surface area contributed by atoms with E-state index in [0.29, 0.717) is 18.5 Å². The summed E-state index contributed by atoms with van der Waals surface area (Å²) in [6.07, 6.45) is -1.35. The second-order valence-corrected chi connectivity index (χ2v) is 6.85. The van der Waals surface area contributed by atoms with Gasteiger partial charge in [0.15, 0.2) is 0 Å². The lowest BCUT2D eigenvalue weighted by atomic mass is 9.69. The molecule has 0 radical (unpaired) electrons. The highest BCUT2D eigenvalue weighted by atomic mass is 19.4. The van der Waals surface area contributed by atoms with Gasteiger partial charge in [-0.25, -0.2) is 9.59 Å². The van der Waals surface area contributed by atoms with E-state index in [1.165, 1.54) is 0 Å². The van der Waals surface area contributed by atoms with Gasteiger partial charge in [0, 0.05) is 24.0 Å². The molecule has 1 fully saturated rings. The van der Waals surface area contributed by atoms with Gasteiger partial charge >= 0.3 is 24.1 Å². The normalized spacial score (nSPS) is 14.3. The molecule has 2 amide bonds. The summed E-state index contributed by atoms with van der Waals surface area (Å²) >= 11 is 0. The van der Waals surface area contributed by atoms with Crippen LogP contribution in [0.2, 0.25) is 0 Å². The van der Waals surface area contributed by atoms with Crippen LogP contribution in [0.5, 0.6) is 0 Å². The number of nitrogens with zero attached hydrogens (tertiary/aromatic N) is 1. The van der Waals surface area contributed by atoms with Crippen molar-refractivity contribution in [3.63, 3.8) is 0 Å². The zero-order valence-electron chi connectivity index (χ0n) is 16.1. The number of hydrogen-bond acceptors (Lipinski definition) is 4. The third-order valence-corrected chi connectivity index (χ3v) is 4.68. The second kappa shape index (κ2) is 9.92. The summed E-state index contributed by atoms with van der Waals surface area (Å²) in [7, 11) is 0.